The Balaban J connectivity index is 1.82. The predicted octanol–water partition coefficient (Wildman–Crippen LogP) is 5.94. The second-order valence-corrected chi connectivity index (χ2v) is 8.93. The zero-order valence-corrected chi connectivity index (χ0v) is 17.3. The van der Waals surface area contributed by atoms with Crippen molar-refractivity contribution in [1.82, 2.24) is 0 Å². The Hall–Kier alpha value is -1.65. The molecule has 1 N–H and O–H groups in total. The van der Waals surface area contributed by atoms with E-state index in [9.17, 15) is 9.90 Å². The maximum Gasteiger partial charge on any atom is 0.339 e. The molecule has 0 heterocycles. The zero-order chi connectivity index (χ0) is 20.2. The Morgan fingerprint density at radius 1 is 1.04 bits per heavy atom. The van der Waals surface area contributed by atoms with Gasteiger partial charge in [-0.15, -0.1) is 0 Å². The van der Waals surface area contributed by atoms with Crippen LogP contribution in [0.4, 0.5) is 0 Å². The maximum atomic E-state index is 13.1. The third kappa shape index (κ3) is 5.03. The number of rotatable bonds is 6. The summed E-state index contributed by atoms with van der Waals surface area (Å²) in [5, 5.41) is 10.8. The number of hydrogen-bond donors (Lipinski definition) is 1. The fraction of sp³-hybridized carbons (Fsp3) is 0.625. The summed E-state index contributed by atoms with van der Waals surface area (Å²) >= 11 is 0. The van der Waals surface area contributed by atoms with Crippen molar-refractivity contribution in [1.29, 1.82) is 0 Å². The van der Waals surface area contributed by atoms with Crippen molar-refractivity contribution in [2.24, 2.45) is 0 Å². The number of hydrogen-bond acceptors (Lipinski definition) is 4. The van der Waals surface area contributed by atoms with Crippen molar-refractivity contribution >= 4 is 12.0 Å². The normalized spacial score (nSPS) is 22.2. The number of carbonyl (C=O) groups is 1. The molecule has 154 valence electrons. The van der Waals surface area contributed by atoms with Crippen LogP contribution in [0.15, 0.2) is 24.8 Å². The van der Waals surface area contributed by atoms with Gasteiger partial charge in [-0.05, 0) is 64.0 Å². The van der Waals surface area contributed by atoms with Gasteiger partial charge in [-0.3, -0.25) is 0 Å². The fourth-order valence-corrected chi connectivity index (χ4v) is 4.52. The Bertz CT molecular complexity index is 697. The van der Waals surface area contributed by atoms with Gasteiger partial charge in [-0.25, -0.2) is 4.79 Å². The Morgan fingerprint density at radius 2 is 1.61 bits per heavy atom. The first-order chi connectivity index (χ1) is 13.3. The van der Waals surface area contributed by atoms with E-state index < -0.39 is 11.9 Å². The van der Waals surface area contributed by atoms with Gasteiger partial charge in [0.1, 0.15) is 5.60 Å². The summed E-state index contributed by atoms with van der Waals surface area (Å²) in [6.07, 6.45) is 10.9. The third-order valence-electron chi connectivity index (χ3n) is 6.36. The van der Waals surface area contributed by atoms with E-state index in [1.165, 1.54) is 12.8 Å². The zero-order valence-electron chi connectivity index (χ0n) is 17.3. The van der Waals surface area contributed by atoms with E-state index in [-0.39, 0.29) is 11.6 Å². The molecule has 28 heavy (non-hydrogen) atoms. The molecule has 3 rings (SSSR count). The van der Waals surface area contributed by atoms with Crippen LogP contribution in [0.25, 0.3) is 6.08 Å². The van der Waals surface area contributed by atoms with E-state index >= 15 is 0 Å². The van der Waals surface area contributed by atoms with Crippen LogP contribution >= 0.6 is 0 Å². The minimum Gasteiger partial charge on any atom is -0.456 e. The minimum absolute atomic E-state index is 0.356. The highest BCUT2D eigenvalue weighted by atomic mass is 16.6. The van der Waals surface area contributed by atoms with Crippen LogP contribution in [0.2, 0.25) is 0 Å². The van der Waals surface area contributed by atoms with Crippen LogP contribution < -0.4 is 0 Å². The quantitative estimate of drug-likeness (QED) is 0.485. The summed E-state index contributed by atoms with van der Waals surface area (Å²) in [4.78, 5) is 13.1. The monoisotopic (exact) mass is 386 g/mol. The lowest BCUT2D eigenvalue weighted by molar-refractivity contribution is -0.194. The molecule has 0 saturated heterocycles. The highest BCUT2D eigenvalue weighted by Crippen LogP contribution is 2.37. The average Bonchev–Trinajstić information content (AvgIpc) is 2.67. The van der Waals surface area contributed by atoms with Crippen molar-refractivity contribution in [2.45, 2.75) is 95.5 Å². The number of aliphatic hydroxyl groups excluding tert-OH is 1. The molecule has 2 saturated carbocycles. The summed E-state index contributed by atoms with van der Waals surface area (Å²) in [6, 6.07) is 5.34. The van der Waals surface area contributed by atoms with Gasteiger partial charge in [0.25, 0.3) is 0 Å². The van der Waals surface area contributed by atoms with Gasteiger partial charge in [0.05, 0.1) is 11.2 Å². The summed E-state index contributed by atoms with van der Waals surface area (Å²) in [5.41, 5.74) is 0.877. The molecule has 1 aromatic carbocycles. The summed E-state index contributed by atoms with van der Waals surface area (Å²) < 4.78 is 12.0. The molecule has 4 heteroatoms. The van der Waals surface area contributed by atoms with E-state index in [0.717, 1.165) is 56.9 Å². The van der Waals surface area contributed by atoms with E-state index in [1.54, 1.807) is 18.2 Å². The van der Waals surface area contributed by atoms with Crippen molar-refractivity contribution in [3.8, 4) is 0 Å². The number of ether oxygens (including phenoxy) is 2. The summed E-state index contributed by atoms with van der Waals surface area (Å²) in [6.45, 7) is 7.86. The van der Waals surface area contributed by atoms with E-state index in [1.807, 2.05) is 13.0 Å². The van der Waals surface area contributed by atoms with Crippen LogP contribution in [0.3, 0.4) is 0 Å². The van der Waals surface area contributed by atoms with Crippen LogP contribution in [0, 0.1) is 0 Å². The van der Waals surface area contributed by atoms with Crippen molar-refractivity contribution in [2.75, 3.05) is 0 Å². The lowest BCUT2D eigenvalue weighted by Gasteiger charge is -2.36. The second kappa shape index (κ2) is 8.79. The molecule has 0 bridgehead atoms. The molecule has 0 radical (unpaired) electrons. The van der Waals surface area contributed by atoms with Crippen LogP contribution in [0.1, 0.15) is 106 Å². The molecule has 4 nitrogen and oxygen atoms in total. The highest BCUT2D eigenvalue weighted by Gasteiger charge is 2.34. The van der Waals surface area contributed by atoms with Crippen LogP contribution in [0.5, 0.6) is 0 Å². The maximum absolute atomic E-state index is 13.1. The largest absolute Gasteiger partial charge is 0.456 e. The number of benzene rings is 1. The first kappa shape index (κ1) is 21.1. The highest BCUT2D eigenvalue weighted by molar-refractivity contribution is 5.92. The summed E-state index contributed by atoms with van der Waals surface area (Å²) in [5.74, 6) is -0.389. The fourth-order valence-electron chi connectivity index (χ4n) is 4.52. The molecular formula is C24H34O4. The van der Waals surface area contributed by atoms with Gasteiger partial charge >= 0.3 is 5.97 Å². The average molecular weight is 387 g/mol. The van der Waals surface area contributed by atoms with Crippen molar-refractivity contribution in [3.05, 3.63) is 41.5 Å². The van der Waals surface area contributed by atoms with Crippen molar-refractivity contribution in [3.63, 3.8) is 0 Å². The Labute approximate surface area is 168 Å². The van der Waals surface area contributed by atoms with Gasteiger partial charge in [0.15, 0.2) is 6.29 Å². The molecule has 1 atom stereocenters. The van der Waals surface area contributed by atoms with Gasteiger partial charge in [-0.1, -0.05) is 50.5 Å². The molecule has 1 aromatic rings. The van der Waals surface area contributed by atoms with Gasteiger partial charge in [0, 0.05) is 5.56 Å². The molecule has 2 aliphatic rings. The van der Waals surface area contributed by atoms with Gasteiger partial charge in [-0.2, -0.15) is 0 Å². The summed E-state index contributed by atoms with van der Waals surface area (Å²) in [7, 11) is 0. The first-order valence-corrected chi connectivity index (χ1v) is 10.7. The Morgan fingerprint density at radius 3 is 2.18 bits per heavy atom. The molecule has 0 aromatic heterocycles. The number of carbonyl (C=O) groups excluding carboxylic acids is 1. The lowest BCUT2D eigenvalue weighted by atomic mass is 9.86. The van der Waals surface area contributed by atoms with E-state index in [2.05, 4.69) is 13.5 Å². The second-order valence-electron chi connectivity index (χ2n) is 8.93. The smallest absolute Gasteiger partial charge is 0.339 e. The Kier molecular flexibility index (Phi) is 6.61. The van der Waals surface area contributed by atoms with Gasteiger partial charge < -0.3 is 14.6 Å². The van der Waals surface area contributed by atoms with Gasteiger partial charge in [0.2, 0.25) is 0 Å². The van der Waals surface area contributed by atoms with Crippen LogP contribution in [-0.2, 0) is 9.47 Å². The molecule has 1 unspecified atom stereocenters. The standard InChI is InChI=1S/C24H34O4/c1-4-18-11-12-19(21(25)27-23(2)13-7-5-8-14-23)20(17-18)22(26)28-24(3)15-9-6-10-16-24/h4,11-12,17,21,25H,1,5-10,13-16H2,2-3H3. The molecule has 0 aliphatic heterocycles. The van der Waals surface area contributed by atoms with E-state index in [0.29, 0.717) is 11.1 Å². The predicted molar refractivity (Wildman–Crippen MR) is 111 cm³/mol. The molecule has 0 amide bonds. The topological polar surface area (TPSA) is 55.8 Å². The van der Waals surface area contributed by atoms with Crippen molar-refractivity contribution < 1.29 is 19.4 Å². The first-order valence-electron chi connectivity index (χ1n) is 10.7. The molecule has 0 spiro atoms. The third-order valence-corrected chi connectivity index (χ3v) is 6.36. The number of aliphatic hydroxyl groups is 1. The minimum atomic E-state index is -1.15. The number of esters is 1. The lowest BCUT2D eigenvalue weighted by Crippen LogP contribution is -2.35. The molecular weight excluding hydrogens is 352 g/mol. The SMILES string of the molecule is C=Cc1ccc(C(O)OC2(C)CCCCC2)c(C(=O)OC2(C)CCCCC2)c1. The van der Waals surface area contributed by atoms with E-state index in [4.69, 9.17) is 9.47 Å². The molecule has 2 aliphatic carbocycles. The molecule has 2 fully saturated rings. The van der Waals surface area contributed by atoms with Crippen LogP contribution in [-0.4, -0.2) is 22.3 Å².